The van der Waals surface area contributed by atoms with Crippen LogP contribution in [0.2, 0.25) is 0 Å². The monoisotopic (exact) mass is 303 g/mol. The highest BCUT2D eigenvalue weighted by Crippen LogP contribution is 2.29. The van der Waals surface area contributed by atoms with Gasteiger partial charge in [0, 0.05) is 11.8 Å². The molecular formula is C16H33NO2S. The molecule has 0 heterocycles. The molecule has 1 aliphatic rings. The van der Waals surface area contributed by atoms with Gasteiger partial charge in [0.15, 0.2) is 0 Å². The van der Waals surface area contributed by atoms with E-state index in [1.807, 2.05) is 0 Å². The van der Waals surface area contributed by atoms with Crippen molar-refractivity contribution >= 4 is 9.84 Å². The van der Waals surface area contributed by atoms with Crippen LogP contribution in [0.4, 0.5) is 0 Å². The molecular weight excluding hydrogens is 270 g/mol. The summed E-state index contributed by atoms with van der Waals surface area (Å²) in [5.74, 6) is 1.57. The smallest absolute Gasteiger partial charge is 0.150 e. The minimum Gasteiger partial charge on any atom is -0.314 e. The van der Waals surface area contributed by atoms with Crippen molar-refractivity contribution in [2.45, 2.75) is 77.7 Å². The Labute approximate surface area is 125 Å². The van der Waals surface area contributed by atoms with Crippen LogP contribution in [-0.2, 0) is 9.84 Å². The third-order valence-electron chi connectivity index (χ3n) is 4.53. The van der Waals surface area contributed by atoms with Crippen LogP contribution < -0.4 is 5.32 Å². The minimum atomic E-state index is -2.79. The van der Waals surface area contributed by atoms with Gasteiger partial charge in [-0.25, -0.2) is 8.42 Å². The van der Waals surface area contributed by atoms with E-state index < -0.39 is 9.84 Å². The second-order valence-electron chi connectivity index (χ2n) is 6.26. The minimum absolute atomic E-state index is 0.280. The number of hydrogen-bond acceptors (Lipinski definition) is 3. The number of hydrogen-bond donors (Lipinski definition) is 1. The van der Waals surface area contributed by atoms with Gasteiger partial charge in [0.25, 0.3) is 0 Å². The van der Waals surface area contributed by atoms with Crippen molar-refractivity contribution in [2.75, 3.05) is 18.1 Å². The van der Waals surface area contributed by atoms with Gasteiger partial charge in [0.2, 0.25) is 0 Å². The lowest BCUT2D eigenvalue weighted by Gasteiger charge is -2.20. The first-order chi connectivity index (χ1) is 9.57. The maximum atomic E-state index is 11.5. The molecule has 0 aromatic rings. The van der Waals surface area contributed by atoms with Crippen molar-refractivity contribution in [1.82, 2.24) is 5.32 Å². The molecule has 20 heavy (non-hydrogen) atoms. The summed E-state index contributed by atoms with van der Waals surface area (Å²) in [4.78, 5) is 0. The van der Waals surface area contributed by atoms with Crippen LogP contribution in [-0.4, -0.2) is 32.5 Å². The molecule has 0 bridgehead atoms. The van der Waals surface area contributed by atoms with Crippen LogP contribution in [0.3, 0.4) is 0 Å². The summed E-state index contributed by atoms with van der Waals surface area (Å²) in [6.45, 7) is 4.97. The van der Waals surface area contributed by atoms with Crippen LogP contribution in [0.15, 0.2) is 0 Å². The van der Waals surface area contributed by atoms with Crippen LogP contribution in [0.5, 0.6) is 0 Å². The Morgan fingerprint density at radius 3 is 2.45 bits per heavy atom. The molecule has 1 fully saturated rings. The molecule has 1 aliphatic carbocycles. The molecule has 0 amide bonds. The quantitative estimate of drug-likeness (QED) is 0.635. The molecule has 1 atom stereocenters. The standard InChI is InChI=1S/C16H33NO2S/c1-3-13-17-16(10-7-14-20(18,19)4-2)12-11-15-8-5-6-9-15/h15-17H,3-14H2,1-2H3. The van der Waals surface area contributed by atoms with Crippen LogP contribution in [0, 0.1) is 5.92 Å². The average Bonchev–Trinajstić information content (AvgIpc) is 2.94. The molecule has 0 aromatic heterocycles. The molecule has 0 saturated heterocycles. The van der Waals surface area contributed by atoms with Crippen LogP contribution in [0.1, 0.15) is 71.6 Å². The highest BCUT2D eigenvalue weighted by molar-refractivity contribution is 7.91. The Hall–Kier alpha value is -0.0900. The van der Waals surface area contributed by atoms with Crippen molar-refractivity contribution in [3.05, 3.63) is 0 Å². The van der Waals surface area contributed by atoms with Crippen molar-refractivity contribution in [1.29, 1.82) is 0 Å². The SMILES string of the molecule is CCCNC(CCCS(=O)(=O)CC)CCC1CCCC1. The number of rotatable bonds is 11. The number of sulfone groups is 1. The van der Waals surface area contributed by atoms with E-state index in [0.717, 1.165) is 31.7 Å². The second-order valence-corrected chi connectivity index (χ2v) is 8.73. The van der Waals surface area contributed by atoms with E-state index in [1.54, 1.807) is 6.92 Å². The van der Waals surface area contributed by atoms with Crippen molar-refractivity contribution in [3.8, 4) is 0 Å². The van der Waals surface area contributed by atoms with Gasteiger partial charge in [-0.3, -0.25) is 0 Å². The molecule has 1 rings (SSSR count). The second kappa shape index (κ2) is 9.78. The Morgan fingerprint density at radius 2 is 1.85 bits per heavy atom. The lowest BCUT2D eigenvalue weighted by Crippen LogP contribution is -2.30. The molecule has 3 nitrogen and oxygen atoms in total. The third-order valence-corrected chi connectivity index (χ3v) is 6.32. The molecule has 0 aromatic carbocycles. The predicted molar refractivity (Wildman–Crippen MR) is 86.8 cm³/mol. The molecule has 0 radical (unpaired) electrons. The highest BCUT2D eigenvalue weighted by atomic mass is 32.2. The number of nitrogens with one attached hydrogen (secondary N) is 1. The van der Waals surface area contributed by atoms with E-state index in [1.165, 1.54) is 38.5 Å². The van der Waals surface area contributed by atoms with E-state index in [0.29, 0.717) is 11.8 Å². The largest absolute Gasteiger partial charge is 0.314 e. The van der Waals surface area contributed by atoms with Crippen LogP contribution >= 0.6 is 0 Å². The normalized spacial score (nSPS) is 18.5. The maximum Gasteiger partial charge on any atom is 0.150 e. The Bertz CT molecular complexity index is 334. The highest BCUT2D eigenvalue weighted by Gasteiger charge is 2.17. The zero-order valence-electron chi connectivity index (χ0n) is 13.4. The fourth-order valence-corrected chi connectivity index (χ4v) is 4.02. The van der Waals surface area contributed by atoms with Gasteiger partial charge < -0.3 is 5.32 Å². The topological polar surface area (TPSA) is 46.2 Å². The molecule has 0 aliphatic heterocycles. The van der Waals surface area contributed by atoms with Gasteiger partial charge in [-0.2, -0.15) is 0 Å². The fraction of sp³-hybridized carbons (Fsp3) is 1.00. The fourth-order valence-electron chi connectivity index (χ4n) is 3.13. The van der Waals surface area contributed by atoms with E-state index in [4.69, 9.17) is 0 Å². The van der Waals surface area contributed by atoms with E-state index in [9.17, 15) is 8.42 Å². The zero-order valence-corrected chi connectivity index (χ0v) is 14.2. The summed E-state index contributed by atoms with van der Waals surface area (Å²) < 4.78 is 23.1. The third kappa shape index (κ3) is 7.63. The van der Waals surface area contributed by atoms with Gasteiger partial charge in [-0.15, -0.1) is 0 Å². The lowest BCUT2D eigenvalue weighted by molar-refractivity contribution is 0.387. The van der Waals surface area contributed by atoms with Crippen molar-refractivity contribution in [3.63, 3.8) is 0 Å². The molecule has 1 N–H and O–H groups in total. The van der Waals surface area contributed by atoms with Gasteiger partial charge in [0.05, 0.1) is 5.75 Å². The van der Waals surface area contributed by atoms with E-state index in [2.05, 4.69) is 12.2 Å². The summed E-state index contributed by atoms with van der Waals surface area (Å²) in [6, 6.07) is 0.516. The molecule has 0 spiro atoms. The van der Waals surface area contributed by atoms with Crippen LogP contribution in [0.25, 0.3) is 0 Å². The molecule has 120 valence electrons. The average molecular weight is 304 g/mol. The summed E-state index contributed by atoms with van der Waals surface area (Å²) in [5.41, 5.74) is 0. The van der Waals surface area contributed by atoms with Gasteiger partial charge in [-0.05, 0) is 44.6 Å². The summed E-state index contributed by atoms with van der Waals surface area (Å²) in [6.07, 6.45) is 11.1. The maximum absolute atomic E-state index is 11.5. The van der Waals surface area contributed by atoms with Crippen molar-refractivity contribution in [2.24, 2.45) is 5.92 Å². The Morgan fingerprint density at radius 1 is 1.15 bits per heavy atom. The summed E-state index contributed by atoms with van der Waals surface area (Å²) >= 11 is 0. The first-order valence-electron chi connectivity index (χ1n) is 8.51. The zero-order chi connectivity index (χ0) is 14.8. The molecule has 1 unspecified atom stereocenters. The molecule has 1 saturated carbocycles. The van der Waals surface area contributed by atoms with Gasteiger partial charge in [0.1, 0.15) is 9.84 Å². The lowest BCUT2D eigenvalue weighted by atomic mass is 9.96. The first kappa shape index (κ1) is 18.0. The summed E-state index contributed by atoms with van der Waals surface area (Å²) in [7, 11) is -2.79. The first-order valence-corrected chi connectivity index (χ1v) is 10.3. The molecule has 4 heteroatoms. The van der Waals surface area contributed by atoms with E-state index >= 15 is 0 Å². The predicted octanol–water partition coefficient (Wildman–Crippen LogP) is 3.54. The Balaban J connectivity index is 2.27. The van der Waals surface area contributed by atoms with Gasteiger partial charge >= 0.3 is 0 Å². The van der Waals surface area contributed by atoms with Gasteiger partial charge in [-0.1, -0.05) is 39.5 Å². The Kier molecular flexibility index (Phi) is 8.78. The van der Waals surface area contributed by atoms with Crippen molar-refractivity contribution < 1.29 is 8.42 Å². The van der Waals surface area contributed by atoms with E-state index in [-0.39, 0.29) is 5.75 Å². The summed E-state index contributed by atoms with van der Waals surface area (Å²) in [5, 5.41) is 3.60.